The van der Waals surface area contributed by atoms with E-state index in [1.165, 1.54) is 43.1 Å². The summed E-state index contributed by atoms with van der Waals surface area (Å²) < 4.78 is 10.9. The summed E-state index contributed by atoms with van der Waals surface area (Å²) in [6.07, 6.45) is 3.43. The van der Waals surface area contributed by atoms with Crippen LogP contribution in [0.5, 0.6) is 0 Å². The smallest absolute Gasteiger partial charge is 1.00 e. The zero-order chi connectivity index (χ0) is 23.9. The topological polar surface area (TPSA) is 26.3 Å². The van der Waals surface area contributed by atoms with E-state index in [1.54, 1.807) is 12.5 Å². The van der Waals surface area contributed by atoms with E-state index in [9.17, 15) is 0 Å². The van der Waals surface area contributed by atoms with Crippen molar-refractivity contribution in [2.45, 2.75) is 0 Å². The fraction of sp³-hybridized carbons (Fsp3) is 0. The Bertz CT molecular complexity index is 1800. The van der Waals surface area contributed by atoms with Crippen molar-refractivity contribution < 1.29 is 55.4 Å². The minimum Gasteiger partial charge on any atom is -1.00 e. The minimum atomic E-state index is 0. The largest absolute Gasteiger partial charge is 4.00 e. The molecule has 6 aromatic carbocycles. The number of furan rings is 2. The van der Waals surface area contributed by atoms with Gasteiger partial charge in [0.2, 0.25) is 0 Å². The quantitative estimate of drug-likeness (QED) is 0.229. The molecule has 0 saturated heterocycles. The van der Waals surface area contributed by atoms with E-state index in [0.717, 1.165) is 22.6 Å². The van der Waals surface area contributed by atoms with E-state index in [0.29, 0.717) is 0 Å². The van der Waals surface area contributed by atoms with Crippen LogP contribution in [-0.2, 0) is 21.7 Å². The van der Waals surface area contributed by atoms with Gasteiger partial charge in [-0.25, -0.2) is 0 Å². The van der Waals surface area contributed by atoms with Crippen LogP contribution in [0.15, 0.2) is 143 Å². The van der Waals surface area contributed by atoms with Gasteiger partial charge in [0.05, 0.1) is 24.0 Å². The molecule has 2 nitrogen and oxygen atoms in total. The van der Waals surface area contributed by atoms with Crippen LogP contribution in [0.4, 0.5) is 0 Å². The molecule has 0 unspecified atom stereocenters. The molecule has 0 N–H and O–H groups in total. The van der Waals surface area contributed by atoms with Gasteiger partial charge in [0.25, 0.3) is 0 Å². The fourth-order valence-corrected chi connectivity index (χ4v) is 5.10. The third-order valence-electron chi connectivity index (χ3n) is 6.84. The summed E-state index contributed by atoms with van der Waals surface area (Å²) in [4.78, 5) is 0. The molecular weight excluding hydrogens is 559 g/mol. The van der Waals surface area contributed by atoms with Crippen molar-refractivity contribution >= 4 is 43.1 Å². The van der Waals surface area contributed by atoms with Gasteiger partial charge in [0.1, 0.15) is 0 Å². The second-order valence-electron chi connectivity index (χ2n) is 9.02. The predicted molar refractivity (Wildman–Crippen MR) is 149 cm³/mol. The molecule has 0 radical (unpaired) electrons. The number of fused-ring (bicyclic) bond motifs is 6. The zero-order valence-corrected chi connectivity index (χ0v) is 23.8. The van der Waals surface area contributed by atoms with Crippen LogP contribution >= 0.6 is 0 Å². The summed E-state index contributed by atoms with van der Waals surface area (Å²) in [5.74, 6) is 1.85. The van der Waals surface area contributed by atoms with E-state index in [1.807, 2.05) is 24.3 Å². The maximum atomic E-state index is 5.46. The van der Waals surface area contributed by atoms with Crippen LogP contribution in [0, 0.1) is 0 Å². The van der Waals surface area contributed by atoms with Crippen LogP contribution in [-0.4, -0.2) is 0 Å². The van der Waals surface area contributed by atoms with Gasteiger partial charge in [0.15, 0.2) is 0 Å². The second kappa shape index (κ2) is 12.1. The first-order chi connectivity index (χ1) is 17.8. The molecule has 8 rings (SSSR count). The van der Waals surface area contributed by atoms with Crippen LogP contribution in [0.2, 0.25) is 0 Å². The number of hydrogen-bond donors (Lipinski definition) is 0. The molecule has 0 fully saturated rings. The monoisotopic (exact) mass is 580 g/mol. The standard InChI is InChI=1S/2C17H11O.2ClH.Ti/c2*1-2-5-15-12(4-1)7-8-13-10-14(11-16(13)15)17-6-3-9-18-17;;;/h2*1-11H;2*1H;/q2*-1;;;+4/p-2. The molecule has 39 heavy (non-hydrogen) atoms. The van der Waals surface area contributed by atoms with E-state index in [4.69, 9.17) is 8.83 Å². The van der Waals surface area contributed by atoms with Gasteiger partial charge in [-0.3, -0.25) is 0 Å². The summed E-state index contributed by atoms with van der Waals surface area (Å²) in [6, 6.07) is 42.2. The normalized spacial score (nSPS) is 10.5. The van der Waals surface area contributed by atoms with Gasteiger partial charge in [-0.05, 0) is 22.9 Å². The van der Waals surface area contributed by atoms with Crippen molar-refractivity contribution in [1.29, 1.82) is 0 Å². The van der Waals surface area contributed by atoms with Crippen molar-refractivity contribution in [2.75, 3.05) is 0 Å². The van der Waals surface area contributed by atoms with Crippen LogP contribution in [0.3, 0.4) is 0 Å². The zero-order valence-electron chi connectivity index (χ0n) is 20.8. The van der Waals surface area contributed by atoms with E-state index in [2.05, 4.69) is 97.1 Å². The summed E-state index contributed by atoms with van der Waals surface area (Å²) in [5, 5.41) is 10.3. The average Bonchev–Trinajstić information content (AvgIpc) is 3.74. The molecule has 0 atom stereocenters. The predicted octanol–water partition coefficient (Wildman–Crippen LogP) is 3.95. The van der Waals surface area contributed by atoms with Gasteiger partial charge in [-0.15, -0.1) is 57.9 Å². The Morgan fingerprint density at radius 2 is 0.872 bits per heavy atom. The first kappa shape index (κ1) is 28.5. The second-order valence-corrected chi connectivity index (χ2v) is 9.02. The summed E-state index contributed by atoms with van der Waals surface area (Å²) >= 11 is 0. The Morgan fingerprint density at radius 3 is 1.28 bits per heavy atom. The maximum absolute atomic E-state index is 5.46. The van der Waals surface area contributed by atoms with E-state index in [-0.39, 0.29) is 46.5 Å². The molecule has 0 amide bonds. The Morgan fingerprint density at radius 1 is 0.436 bits per heavy atom. The number of benzene rings is 4. The van der Waals surface area contributed by atoms with E-state index < -0.39 is 0 Å². The molecule has 188 valence electrons. The molecule has 2 aromatic heterocycles. The van der Waals surface area contributed by atoms with Crippen LogP contribution in [0.25, 0.3) is 65.7 Å². The summed E-state index contributed by atoms with van der Waals surface area (Å²) in [5.41, 5.74) is 2.29. The number of halogens is 2. The Balaban J connectivity index is 0.000000168. The summed E-state index contributed by atoms with van der Waals surface area (Å²) in [7, 11) is 0. The third-order valence-corrected chi connectivity index (χ3v) is 6.84. The Labute approximate surface area is 253 Å². The van der Waals surface area contributed by atoms with Gasteiger partial charge in [-0.1, -0.05) is 94.7 Å². The van der Waals surface area contributed by atoms with Crippen molar-refractivity contribution in [3.63, 3.8) is 0 Å². The molecule has 0 aliphatic rings. The van der Waals surface area contributed by atoms with Crippen molar-refractivity contribution in [3.8, 4) is 22.6 Å². The molecule has 5 heteroatoms. The van der Waals surface area contributed by atoms with Gasteiger partial charge in [-0.2, -0.15) is 0 Å². The molecule has 0 aliphatic carbocycles. The molecule has 0 bridgehead atoms. The minimum absolute atomic E-state index is 0. The SMILES string of the molecule is [Cl-].[Cl-].[Ti+4].c1coc(-c2cc3c(ccc4ccccc43)[cH-]2)c1.c1coc(-c2cc3c(ccc4ccccc43)[cH-]2)c1. The van der Waals surface area contributed by atoms with Crippen molar-refractivity contribution in [1.82, 2.24) is 0 Å². The van der Waals surface area contributed by atoms with Crippen LogP contribution < -0.4 is 24.8 Å². The molecular formula is C34H22Cl2O2Ti. The molecule has 0 saturated carbocycles. The number of rotatable bonds is 2. The third kappa shape index (κ3) is 5.34. The first-order valence-corrected chi connectivity index (χ1v) is 12.1. The molecule has 2 heterocycles. The molecule has 0 aliphatic heterocycles. The Hall–Kier alpha value is -3.53. The first-order valence-electron chi connectivity index (χ1n) is 12.1. The van der Waals surface area contributed by atoms with Crippen molar-refractivity contribution in [2.24, 2.45) is 0 Å². The average molecular weight is 581 g/mol. The maximum Gasteiger partial charge on any atom is 4.00 e. The van der Waals surface area contributed by atoms with Crippen LogP contribution in [0.1, 0.15) is 0 Å². The van der Waals surface area contributed by atoms with Gasteiger partial charge < -0.3 is 33.6 Å². The Kier molecular flexibility index (Phi) is 8.85. The van der Waals surface area contributed by atoms with Gasteiger partial charge >= 0.3 is 21.7 Å². The van der Waals surface area contributed by atoms with Gasteiger partial charge in [0, 0.05) is 0 Å². The van der Waals surface area contributed by atoms with Crippen molar-refractivity contribution in [3.05, 3.63) is 134 Å². The molecule has 8 aromatic rings. The molecule has 0 spiro atoms. The summed E-state index contributed by atoms with van der Waals surface area (Å²) in [6.45, 7) is 0. The number of hydrogen-bond acceptors (Lipinski definition) is 2. The van der Waals surface area contributed by atoms with E-state index >= 15 is 0 Å². The fourth-order valence-electron chi connectivity index (χ4n) is 5.10.